The molecule has 0 aliphatic carbocycles. The van der Waals surface area contributed by atoms with E-state index in [0.29, 0.717) is 0 Å². The van der Waals surface area contributed by atoms with E-state index in [1.165, 1.54) is 6.20 Å². The summed E-state index contributed by atoms with van der Waals surface area (Å²) in [7, 11) is -3.27. The highest BCUT2D eigenvalue weighted by Gasteiger charge is 2.20. The Morgan fingerprint density at radius 3 is 2.62 bits per heavy atom. The van der Waals surface area contributed by atoms with Gasteiger partial charge in [-0.15, -0.1) is 0 Å². The van der Waals surface area contributed by atoms with Crippen molar-refractivity contribution in [2.24, 2.45) is 5.92 Å². The molecular formula is C7H13N3O2S. The maximum Gasteiger partial charge on any atom is 0.183 e. The summed E-state index contributed by atoms with van der Waals surface area (Å²) in [5, 5.41) is 5.96. The van der Waals surface area contributed by atoms with Gasteiger partial charge in [-0.25, -0.2) is 8.42 Å². The van der Waals surface area contributed by atoms with Crippen LogP contribution < -0.4 is 5.73 Å². The minimum absolute atomic E-state index is 0.0827. The lowest BCUT2D eigenvalue weighted by atomic mass is 10.3. The highest BCUT2D eigenvalue weighted by molar-refractivity contribution is 7.91. The van der Waals surface area contributed by atoms with Crippen LogP contribution in [-0.4, -0.2) is 24.4 Å². The third-order valence-electron chi connectivity index (χ3n) is 1.52. The van der Waals surface area contributed by atoms with E-state index in [-0.39, 0.29) is 22.4 Å². The number of hydrogen-bond donors (Lipinski definition) is 2. The number of aromatic amines is 1. The number of nitrogens with two attached hydrogens (primary N) is 1. The van der Waals surface area contributed by atoms with Crippen molar-refractivity contribution in [2.45, 2.75) is 18.7 Å². The summed E-state index contributed by atoms with van der Waals surface area (Å²) in [6, 6.07) is 0. The first kappa shape index (κ1) is 10.0. The van der Waals surface area contributed by atoms with E-state index >= 15 is 0 Å². The fraction of sp³-hybridized carbons (Fsp3) is 0.571. The van der Waals surface area contributed by atoms with Gasteiger partial charge in [0.1, 0.15) is 10.7 Å². The van der Waals surface area contributed by atoms with Crippen LogP contribution in [0.15, 0.2) is 11.1 Å². The molecule has 0 bridgehead atoms. The first-order valence-corrected chi connectivity index (χ1v) is 5.60. The smallest absolute Gasteiger partial charge is 0.183 e. The van der Waals surface area contributed by atoms with Gasteiger partial charge in [0, 0.05) is 0 Å². The molecule has 1 aromatic rings. The third kappa shape index (κ3) is 2.21. The first-order valence-electron chi connectivity index (χ1n) is 3.95. The molecule has 0 aliphatic rings. The number of aromatic nitrogens is 2. The van der Waals surface area contributed by atoms with Crippen molar-refractivity contribution in [3.63, 3.8) is 0 Å². The standard InChI is InChI=1S/C7H13N3O2S/c1-5(2)4-13(11,12)6-3-9-10-7(6)8/h3,5H,4H2,1-2H3,(H3,8,9,10). The third-order valence-corrected chi connectivity index (χ3v) is 3.62. The minimum atomic E-state index is -3.27. The maximum atomic E-state index is 11.6. The van der Waals surface area contributed by atoms with Crippen molar-refractivity contribution in [2.75, 3.05) is 11.5 Å². The van der Waals surface area contributed by atoms with Gasteiger partial charge in [-0.1, -0.05) is 13.8 Å². The summed E-state index contributed by atoms with van der Waals surface area (Å²) >= 11 is 0. The highest BCUT2D eigenvalue weighted by atomic mass is 32.2. The number of nitrogens with zero attached hydrogens (tertiary/aromatic N) is 1. The summed E-state index contributed by atoms with van der Waals surface area (Å²) in [6.07, 6.45) is 1.24. The Morgan fingerprint density at radius 2 is 2.23 bits per heavy atom. The Labute approximate surface area is 77.3 Å². The topological polar surface area (TPSA) is 88.8 Å². The number of H-pyrrole nitrogens is 1. The van der Waals surface area contributed by atoms with Gasteiger partial charge in [0.15, 0.2) is 9.84 Å². The molecule has 0 atom stereocenters. The molecule has 5 nitrogen and oxygen atoms in total. The second-order valence-corrected chi connectivity index (χ2v) is 5.33. The Hall–Kier alpha value is -1.04. The molecule has 0 unspecified atom stereocenters. The van der Waals surface area contributed by atoms with Crippen LogP contribution in [0.3, 0.4) is 0 Å². The molecular weight excluding hydrogens is 190 g/mol. The monoisotopic (exact) mass is 203 g/mol. The molecule has 3 N–H and O–H groups in total. The van der Waals surface area contributed by atoms with Crippen LogP contribution >= 0.6 is 0 Å². The van der Waals surface area contributed by atoms with Crippen molar-refractivity contribution < 1.29 is 8.42 Å². The van der Waals surface area contributed by atoms with Crippen LogP contribution in [0.4, 0.5) is 5.82 Å². The van der Waals surface area contributed by atoms with Crippen molar-refractivity contribution in [1.29, 1.82) is 0 Å². The summed E-state index contributed by atoms with van der Waals surface area (Å²) in [5.74, 6) is 0.288. The first-order chi connectivity index (χ1) is 5.93. The van der Waals surface area contributed by atoms with Crippen LogP contribution in [0, 0.1) is 5.92 Å². The van der Waals surface area contributed by atoms with E-state index in [4.69, 9.17) is 5.73 Å². The molecule has 0 saturated heterocycles. The Balaban J connectivity index is 3.02. The van der Waals surface area contributed by atoms with E-state index in [0.717, 1.165) is 0 Å². The molecule has 0 radical (unpaired) electrons. The summed E-state index contributed by atoms with van der Waals surface area (Å²) in [4.78, 5) is 0.0983. The number of nitrogen functional groups attached to an aromatic ring is 1. The normalized spacial score (nSPS) is 12.2. The van der Waals surface area contributed by atoms with Gasteiger partial charge in [-0.05, 0) is 5.92 Å². The lowest BCUT2D eigenvalue weighted by Gasteiger charge is -2.04. The Kier molecular flexibility index (Phi) is 2.60. The number of sulfone groups is 1. The van der Waals surface area contributed by atoms with Gasteiger partial charge in [0.2, 0.25) is 0 Å². The van der Waals surface area contributed by atoms with E-state index in [2.05, 4.69) is 10.2 Å². The predicted molar refractivity (Wildman–Crippen MR) is 49.9 cm³/mol. The molecule has 1 heterocycles. The number of anilines is 1. The molecule has 0 spiro atoms. The molecule has 0 aliphatic heterocycles. The molecule has 1 rings (SSSR count). The molecule has 0 saturated carbocycles. The average Bonchev–Trinajstić information content (AvgIpc) is 2.32. The van der Waals surface area contributed by atoms with Crippen molar-refractivity contribution in [3.05, 3.63) is 6.20 Å². The SMILES string of the molecule is CC(C)CS(=O)(=O)c1cn[nH]c1N. The van der Waals surface area contributed by atoms with Crippen molar-refractivity contribution >= 4 is 15.7 Å². The van der Waals surface area contributed by atoms with Gasteiger partial charge in [-0.2, -0.15) is 5.10 Å². The largest absolute Gasteiger partial charge is 0.383 e. The van der Waals surface area contributed by atoms with Crippen LogP contribution in [0.2, 0.25) is 0 Å². The molecule has 1 aromatic heterocycles. The fourth-order valence-electron chi connectivity index (χ4n) is 1.06. The molecule has 0 amide bonds. The zero-order valence-electron chi connectivity index (χ0n) is 7.61. The van der Waals surface area contributed by atoms with E-state index < -0.39 is 9.84 Å². The molecule has 6 heteroatoms. The molecule has 74 valence electrons. The number of hydrogen-bond acceptors (Lipinski definition) is 4. The predicted octanol–water partition coefficient (Wildman–Crippen LogP) is 0.422. The van der Waals surface area contributed by atoms with E-state index in [1.54, 1.807) is 0 Å². The highest BCUT2D eigenvalue weighted by Crippen LogP contribution is 2.17. The quantitative estimate of drug-likeness (QED) is 0.745. The van der Waals surface area contributed by atoms with Gasteiger partial charge < -0.3 is 5.73 Å². The van der Waals surface area contributed by atoms with Gasteiger partial charge in [0.05, 0.1) is 11.9 Å². The van der Waals surface area contributed by atoms with Crippen LogP contribution in [0.5, 0.6) is 0 Å². The Bertz CT molecular complexity index is 380. The number of rotatable bonds is 3. The van der Waals surface area contributed by atoms with Crippen LogP contribution in [0.1, 0.15) is 13.8 Å². The summed E-state index contributed by atoms with van der Waals surface area (Å²) in [5.41, 5.74) is 5.41. The molecule has 13 heavy (non-hydrogen) atoms. The summed E-state index contributed by atoms with van der Waals surface area (Å²) in [6.45, 7) is 3.68. The fourth-order valence-corrected chi connectivity index (χ4v) is 2.71. The minimum Gasteiger partial charge on any atom is -0.383 e. The lowest BCUT2D eigenvalue weighted by Crippen LogP contribution is -2.12. The van der Waals surface area contributed by atoms with Gasteiger partial charge in [0.25, 0.3) is 0 Å². The van der Waals surface area contributed by atoms with Crippen LogP contribution in [-0.2, 0) is 9.84 Å². The lowest BCUT2D eigenvalue weighted by molar-refractivity contribution is 0.583. The zero-order chi connectivity index (χ0) is 10.1. The van der Waals surface area contributed by atoms with Crippen molar-refractivity contribution in [3.8, 4) is 0 Å². The zero-order valence-corrected chi connectivity index (χ0v) is 8.43. The second kappa shape index (κ2) is 3.37. The molecule has 0 fully saturated rings. The Morgan fingerprint density at radius 1 is 1.62 bits per heavy atom. The van der Waals surface area contributed by atoms with Gasteiger partial charge >= 0.3 is 0 Å². The summed E-state index contributed by atoms with van der Waals surface area (Å²) < 4.78 is 23.2. The van der Waals surface area contributed by atoms with Crippen molar-refractivity contribution in [1.82, 2.24) is 10.2 Å². The van der Waals surface area contributed by atoms with E-state index in [9.17, 15) is 8.42 Å². The average molecular weight is 203 g/mol. The van der Waals surface area contributed by atoms with Crippen LogP contribution in [0.25, 0.3) is 0 Å². The second-order valence-electron chi connectivity index (χ2n) is 3.32. The maximum absolute atomic E-state index is 11.6. The van der Waals surface area contributed by atoms with E-state index in [1.807, 2.05) is 13.8 Å². The molecule has 0 aromatic carbocycles. The number of nitrogens with one attached hydrogen (secondary N) is 1. The van der Waals surface area contributed by atoms with Gasteiger partial charge in [-0.3, -0.25) is 5.10 Å².